The largest absolute Gasteiger partial charge is 0.338 e. The fourth-order valence-electron chi connectivity index (χ4n) is 1.27. The average molecular weight is 296 g/mol. The Morgan fingerprint density at radius 3 is 3.00 bits per heavy atom. The molecule has 0 unspecified atom stereocenters. The van der Waals surface area contributed by atoms with Gasteiger partial charge < -0.3 is 9.84 Å². The summed E-state index contributed by atoms with van der Waals surface area (Å²) in [4.78, 5) is 11.4. The van der Waals surface area contributed by atoms with E-state index in [1.54, 1.807) is 6.07 Å². The highest BCUT2D eigenvalue weighted by Gasteiger charge is 2.03. The molecular formula is C11H10BrN3O2. The summed E-state index contributed by atoms with van der Waals surface area (Å²) < 4.78 is 5.72. The smallest absolute Gasteiger partial charge is 0.321 e. The van der Waals surface area contributed by atoms with Crippen molar-refractivity contribution in [1.82, 2.24) is 10.5 Å². The maximum absolute atomic E-state index is 11.4. The number of hydrogen-bond acceptors (Lipinski definition) is 3. The molecule has 0 atom stereocenters. The molecule has 2 N–H and O–H groups in total. The summed E-state index contributed by atoms with van der Waals surface area (Å²) in [6.07, 6.45) is 1.46. The molecule has 0 fully saturated rings. The minimum atomic E-state index is -0.332. The van der Waals surface area contributed by atoms with E-state index in [1.165, 1.54) is 6.20 Å². The van der Waals surface area contributed by atoms with Crippen molar-refractivity contribution >= 4 is 27.8 Å². The molecule has 0 radical (unpaired) electrons. The van der Waals surface area contributed by atoms with Crippen LogP contribution >= 0.6 is 15.9 Å². The van der Waals surface area contributed by atoms with Crippen molar-refractivity contribution in [2.24, 2.45) is 0 Å². The monoisotopic (exact) mass is 295 g/mol. The topological polar surface area (TPSA) is 67.2 Å². The fourth-order valence-corrected chi connectivity index (χ4v) is 1.71. The minimum Gasteiger partial charge on any atom is -0.338 e. The van der Waals surface area contributed by atoms with Gasteiger partial charge in [0.25, 0.3) is 0 Å². The molecule has 0 bridgehead atoms. The van der Waals surface area contributed by atoms with E-state index in [1.807, 2.05) is 24.3 Å². The van der Waals surface area contributed by atoms with E-state index >= 15 is 0 Å². The Morgan fingerprint density at radius 1 is 1.41 bits per heavy atom. The molecule has 1 aromatic carbocycles. The van der Waals surface area contributed by atoms with Crippen molar-refractivity contribution in [3.8, 4) is 0 Å². The lowest BCUT2D eigenvalue weighted by molar-refractivity contribution is 0.251. The normalized spacial score (nSPS) is 9.94. The van der Waals surface area contributed by atoms with Crippen LogP contribution in [-0.4, -0.2) is 11.2 Å². The van der Waals surface area contributed by atoms with Gasteiger partial charge in [0.2, 0.25) is 5.88 Å². The fraction of sp³-hybridized carbons (Fsp3) is 0.0909. The zero-order valence-electron chi connectivity index (χ0n) is 8.81. The Hall–Kier alpha value is -1.82. The molecule has 1 aromatic heterocycles. The van der Waals surface area contributed by atoms with Gasteiger partial charge in [-0.3, -0.25) is 5.32 Å². The lowest BCUT2D eigenvalue weighted by Crippen LogP contribution is -2.27. The third-order valence-electron chi connectivity index (χ3n) is 2.02. The number of urea groups is 1. The van der Waals surface area contributed by atoms with Gasteiger partial charge >= 0.3 is 6.03 Å². The van der Waals surface area contributed by atoms with Crippen LogP contribution in [0.15, 0.2) is 45.5 Å². The number of nitrogens with one attached hydrogen (secondary N) is 2. The van der Waals surface area contributed by atoms with E-state index in [9.17, 15) is 4.79 Å². The van der Waals surface area contributed by atoms with Gasteiger partial charge in [-0.15, -0.1) is 0 Å². The number of benzene rings is 1. The van der Waals surface area contributed by atoms with Crippen LogP contribution in [0.1, 0.15) is 5.56 Å². The molecule has 2 amide bonds. The van der Waals surface area contributed by atoms with Gasteiger partial charge in [0.05, 0.1) is 6.20 Å². The van der Waals surface area contributed by atoms with Crippen molar-refractivity contribution < 1.29 is 9.32 Å². The molecule has 2 aromatic rings. The average Bonchev–Trinajstić information content (AvgIpc) is 2.79. The second-order valence-electron chi connectivity index (χ2n) is 3.31. The Labute approximate surface area is 106 Å². The molecule has 5 nitrogen and oxygen atoms in total. The summed E-state index contributed by atoms with van der Waals surface area (Å²) in [5.74, 6) is 0.316. The van der Waals surface area contributed by atoms with Gasteiger partial charge in [0, 0.05) is 17.1 Å². The number of aromatic nitrogens is 1. The van der Waals surface area contributed by atoms with Gasteiger partial charge in [-0.1, -0.05) is 33.2 Å². The van der Waals surface area contributed by atoms with E-state index in [4.69, 9.17) is 4.52 Å². The van der Waals surface area contributed by atoms with Crippen molar-refractivity contribution in [3.05, 3.63) is 46.6 Å². The lowest BCUT2D eigenvalue weighted by atomic mass is 10.2. The number of carbonyl (C=O) groups is 1. The second-order valence-corrected chi connectivity index (χ2v) is 4.23. The van der Waals surface area contributed by atoms with Gasteiger partial charge in [-0.25, -0.2) is 4.79 Å². The summed E-state index contributed by atoms with van der Waals surface area (Å²) in [5, 5.41) is 8.70. The van der Waals surface area contributed by atoms with Gasteiger partial charge in [-0.05, 0) is 17.7 Å². The predicted molar refractivity (Wildman–Crippen MR) is 66.5 cm³/mol. The summed E-state index contributed by atoms with van der Waals surface area (Å²) in [7, 11) is 0. The van der Waals surface area contributed by atoms with Crippen molar-refractivity contribution in [3.63, 3.8) is 0 Å². The van der Waals surface area contributed by atoms with Crippen LogP contribution in [-0.2, 0) is 6.54 Å². The number of carbonyl (C=O) groups excluding carboxylic acids is 1. The third kappa shape index (κ3) is 3.60. The number of amides is 2. The number of halogens is 1. The molecule has 0 saturated carbocycles. The molecule has 17 heavy (non-hydrogen) atoms. The molecule has 1 heterocycles. The highest BCUT2D eigenvalue weighted by molar-refractivity contribution is 9.10. The van der Waals surface area contributed by atoms with E-state index in [2.05, 4.69) is 31.7 Å². The van der Waals surface area contributed by atoms with Crippen LogP contribution in [0, 0.1) is 0 Å². The van der Waals surface area contributed by atoms with Crippen LogP contribution in [0.3, 0.4) is 0 Å². The Balaban J connectivity index is 1.84. The number of nitrogens with zero attached hydrogens (tertiary/aromatic N) is 1. The van der Waals surface area contributed by atoms with Gasteiger partial charge in [0.1, 0.15) is 0 Å². The van der Waals surface area contributed by atoms with Crippen molar-refractivity contribution in [2.75, 3.05) is 5.32 Å². The maximum Gasteiger partial charge on any atom is 0.321 e. The number of hydrogen-bond donors (Lipinski definition) is 2. The standard InChI is InChI=1S/C11H10BrN3O2/c12-9-3-1-2-8(6-9)7-13-11(16)15-10-4-5-14-17-10/h1-6H,7H2,(H2,13,15,16). The minimum absolute atomic E-state index is 0.316. The lowest BCUT2D eigenvalue weighted by Gasteiger charge is -2.05. The first-order valence-electron chi connectivity index (χ1n) is 4.94. The van der Waals surface area contributed by atoms with Crippen LogP contribution in [0.2, 0.25) is 0 Å². The van der Waals surface area contributed by atoms with Crippen LogP contribution < -0.4 is 10.6 Å². The first-order chi connectivity index (χ1) is 8.24. The zero-order chi connectivity index (χ0) is 12.1. The molecule has 88 valence electrons. The quantitative estimate of drug-likeness (QED) is 0.915. The van der Waals surface area contributed by atoms with Gasteiger partial charge in [0.15, 0.2) is 0 Å². The van der Waals surface area contributed by atoms with Crippen LogP contribution in [0.25, 0.3) is 0 Å². The Kier molecular flexibility index (Phi) is 3.77. The second kappa shape index (κ2) is 5.49. The molecule has 0 spiro atoms. The Bertz CT molecular complexity index is 499. The zero-order valence-corrected chi connectivity index (χ0v) is 10.4. The first kappa shape index (κ1) is 11.7. The summed E-state index contributed by atoms with van der Waals surface area (Å²) in [6.45, 7) is 0.444. The summed E-state index contributed by atoms with van der Waals surface area (Å²) >= 11 is 3.37. The van der Waals surface area contributed by atoms with E-state index < -0.39 is 0 Å². The molecular weight excluding hydrogens is 286 g/mol. The van der Waals surface area contributed by atoms with E-state index in [0.717, 1.165) is 10.0 Å². The highest BCUT2D eigenvalue weighted by Crippen LogP contribution is 2.11. The first-order valence-corrected chi connectivity index (χ1v) is 5.73. The predicted octanol–water partition coefficient (Wildman–Crippen LogP) is 2.76. The van der Waals surface area contributed by atoms with Crippen LogP contribution in [0.4, 0.5) is 10.7 Å². The van der Waals surface area contributed by atoms with Crippen LogP contribution in [0.5, 0.6) is 0 Å². The molecule has 0 aliphatic heterocycles. The molecule has 6 heteroatoms. The number of anilines is 1. The third-order valence-corrected chi connectivity index (χ3v) is 2.51. The molecule has 2 rings (SSSR count). The van der Waals surface area contributed by atoms with Crippen molar-refractivity contribution in [1.29, 1.82) is 0 Å². The molecule has 0 aliphatic rings. The maximum atomic E-state index is 11.4. The van der Waals surface area contributed by atoms with E-state index in [0.29, 0.717) is 12.4 Å². The molecule has 0 aliphatic carbocycles. The van der Waals surface area contributed by atoms with E-state index in [-0.39, 0.29) is 6.03 Å². The van der Waals surface area contributed by atoms with Gasteiger partial charge in [-0.2, -0.15) is 0 Å². The summed E-state index contributed by atoms with van der Waals surface area (Å²) in [5.41, 5.74) is 1.01. The SMILES string of the molecule is O=C(NCc1cccc(Br)c1)Nc1ccno1. The number of rotatable bonds is 3. The Morgan fingerprint density at radius 2 is 2.29 bits per heavy atom. The molecule has 0 saturated heterocycles. The highest BCUT2D eigenvalue weighted by atomic mass is 79.9. The van der Waals surface area contributed by atoms with Crippen molar-refractivity contribution in [2.45, 2.75) is 6.54 Å². The summed E-state index contributed by atoms with van der Waals surface area (Å²) in [6, 6.07) is 8.95.